The normalized spacial score (nSPS) is 33.1. The Morgan fingerprint density at radius 3 is 2.33 bits per heavy atom. The molecule has 1 aromatic rings. The van der Waals surface area contributed by atoms with Gasteiger partial charge in [0.1, 0.15) is 5.75 Å². The van der Waals surface area contributed by atoms with E-state index in [9.17, 15) is 5.26 Å². The van der Waals surface area contributed by atoms with Crippen LogP contribution in [-0.4, -0.2) is 7.11 Å². The van der Waals surface area contributed by atoms with E-state index >= 15 is 0 Å². The number of hydrogen-bond donors (Lipinski definition) is 0. The molecule has 3 aliphatic carbocycles. The van der Waals surface area contributed by atoms with Crippen molar-refractivity contribution in [2.45, 2.75) is 18.8 Å². The fourth-order valence-corrected chi connectivity index (χ4v) is 3.45. The Balaban J connectivity index is 1.94. The molecule has 2 heteroatoms. The molecular weight excluding hydrogens is 222 g/mol. The third kappa shape index (κ3) is 1.71. The van der Waals surface area contributed by atoms with E-state index in [4.69, 9.17) is 4.74 Å². The van der Waals surface area contributed by atoms with Crippen molar-refractivity contribution in [1.29, 1.82) is 5.26 Å². The monoisotopic (exact) mass is 239 g/mol. The summed E-state index contributed by atoms with van der Waals surface area (Å²) < 4.78 is 5.19. The van der Waals surface area contributed by atoms with Crippen molar-refractivity contribution < 1.29 is 4.74 Å². The van der Waals surface area contributed by atoms with Crippen molar-refractivity contribution in [2.24, 2.45) is 17.8 Å². The third-order valence-corrected chi connectivity index (χ3v) is 4.40. The highest BCUT2D eigenvalue weighted by Crippen LogP contribution is 2.49. The highest BCUT2D eigenvalue weighted by Gasteiger charge is 2.41. The standard InChI is InChI=1S/C16H17NO/c1-18-14-8-6-13(7-9-14)16-12-4-2-11(3-5-12)15(16)10-17/h2,4,6-9,11-12,15-16H,3,5H2,1H3/t11-,12+,15-,16-/m1/s1. The van der Waals surface area contributed by atoms with Gasteiger partial charge in [0, 0.05) is 5.92 Å². The maximum atomic E-state index is 9.44. The minimum absolute atomic E-state index is 0.141. The molecule has 0 aliphatic heterocycles. The summed E-state index contributed by atoms with van der Waals surface area (Å²) >= 11 is 0. The van der Waals surface area contributed by atoms with E-state index < -0.39 is 0 Å². The van der Waals surface area contributed by atoms with Crippen molar-refractivity contribution in [3.8, 4) is 11.8 Å². The van der Waals surface area contributed by atoms with Crippen LogP contribution in [0, 0.1) is 29.1 Å². The van der Waals surface area contributed by atoms with Gasteiger partial charge in [0.15, 0.2) is 0 Å². The average Bonchev–Trinajstić information content (AvgIpc) is 2.47. The number of nitriles is 1. The van der Waals surface area contributed by atoms with Gasteiger partial charge in [-0.15, -0.1) is 0 Å². The van der Waals surface area contributed by atoms with E-state index in [-0.39, 0.29) is 5.92 Å². The summed E-state index contributed by atoms with van der Waals surface area (Å²) in [6.45, 7) is 0. The summed E-state index contributed by atoms with van der Waals surface area (Å²) in [7, 11) is 1.68. The number of rotatable bonds is 2. The fraction of sp³-hybridized carbons (Fsp3) is 0.438. The molecular formula is C16H17NO. The van der Waals surface area contributed by atoms with Gasteiger partial charge in [-0.3, -0.25) is 0 Å². The molecule has 0 radical (unpaired) electrons. The van der Waals surface area contributed by atoms with Crippen LogP contribution in [0.3, 0.4) is 0 Å². The Morgan fingerprint density at radius 2 is 1.78 bits per heavy atom. The predicted molar refractivity (Wildman–Crippen MR) is 70.2 cm³/mol. The molecule has 92 valence electrons. The lowest BCUT2D eigenvalue weighted by Gasteiger charge is -2.42. The number of nitrogens with zero attached hydrogens (tertiary/aromatic N) is 1. The molecule has 1 aromatic carbocycles. The summed E-state index contributed by atoms with van der Waals surface area (Å²) in [4.78, 5) is 0. The van der Waals surface area contributed by atoms with Gasteiger partial charge >= 0.3 is 0 Å². The van der Waals surface area contributed by atoms with Gasteiger partial charge in [-0.05, 0) is 42.4 Å². The largest absolute Gasteiger partial charge is 0.497 e. The SMILES string of the molecule is COc1ccc([C@@H]2[C@H](C#N)[C@@H]3C=C[C@H]2CC3)cc1. The Kier molecular flexibility index (Phi) is 2.83. The molecule has 18 heavy (non-hydrogen) atoms. The predicted octanol–water partition coefficient (Wildman–Crippen LogP) is 3.51. The lowest BCUT2D eigenvalue weighted by Crippen LogP contribution is -2.34. The van der Waals surface area contributed by atoms with Crippen LogP contribution in [0.4, 0.5) is 0 Å². The molecule has 2 bridgehead atoms. The van der Waals surface area contributed by atoms with Crippen LogP contribution in [0.2, 0.25) is 0 Å². The molecule has 0 heterocycles. The van der Waals surface area contributed by atoms with E-state index in [2.05, 4.69) is 30.4 Å². The van der Waals surface area contributed by atoms with Crippen molar-refractivity contribution >= 4 is 0 Å². The van der Waals surface area contributed by atoms with Crippen molar-refractivity contribution in [2.75, 3.05) is 7.11 Å². The molecule has 3 aliphatic rings. The van der Waals surface area contributed by atoms with Gasteiger partial charge in [-0.2, -0.15) is 5.26 Å². The lowest BCUT2D eigenvalue weighted by atomic mass is 9.61. The number of benzene rings is 1. The van der Waals surface area contributed by atoms with Crippen molar-refractivity contribution in [3.05, 3.63) is 42.0 Å². The number of methoxy groups -OCH3 is 1. The van der Waals surface area contributed by atoms with Gasteiger partial charge in [0.2, 0.25) is 0 Å². The first-order valence-electron chi connectivity index (χ1n) is 6.55. The second kappa shape index (κ2) is 4.49. The molecule has 0 spiro atoms. The fourth-order valence-electron chi connectivity index (χ4n) is 3.45. The molecule has 0 aromatic heterocycles. The zero-order valence-electron chi connectivity index (χ0n) is 10.5. The second-order valence-corrected chi connectivity index (χ2v) is 5.24. The molecule has 2 nitrogen and oxygen atoms in total. The first kappa shape index (κ1) is 11.3. The Bertz CT molecular complexity index is 497. The summed E-state index contributed by atoms with van der Waals surface area (Å²) in [6.07, 6.45) is 6.96. The molecule has 0 unspecified atom stereocenters. The molecule has 0 amide bonds. The van der Waals surface area contributed by atoms with Crippen LogP contribution < -0.4 is 4.74 Å². The van der Waals surface area contributed by atoms with Crippen LogP contribution in [-0.2, 0) is 0 Å². The molecule has 4 rings (SSSR count). The summed E-state index contributed by atoms with van der Waals surface area (Å²) in [5.41, 5.74) is 1.28. The van der Waals surface area contributed by atoms with Crippen LogP contribution in [0.25, 0.3) is 0 Å². The highest BCUT2D eigenvalue weighted by molar-refractivity contribution is 5.34. The van der Waals surface area contributed by atoms with Gasteiger partial charge < -0.3 is 4.74 Å². The maximum Gasteiger partial charge on any atom is 0.118 e. The molecule has 4 atom stereocenters. The summed E-state index contributed by atoms with van der Waals surface area (Å²) in [5.74, 6) is 2.37. The summed E-state index contributed by atoms with van der Waals surface area (Å²) in [5, 5.41) is 9.44. The average molecular weight is 239 g/mol. The lowest BCUT2D eigenvalue weighted by molar-refractivity contribution is 0.225. The Morgan fingerprint density at radius 1 is 1.11 bits per heavy atom. The topological polar surface area (TPSA) is 33.0 Å². The third-order valence-electron chi connectivity index (χ3n) is 4.40. The van der Waals surface area contributed by atoms with Gasteiger partial charge in [0.05, 0.1) is 19.1 Å². The molecule has 1 fully saturated rings. The summed E-state index contributed by atoms with van der Waals surface area (Å²) in [6, 6.07) is 10.7. The van der Waals surface area contributed by atoms with Crippen LogP contribution in [0.15, 0.2) is 36.4 Å². The van der Waals surface area contributed by atoms with E-state index in [0.717, 1.165) is 5.75 Å². The van der Waals surface area contributed by atoms with Gasteiger partial charge in [-0.25, -0.2) is 0 Å². The number of hydrogen-bond acceptors (Lipinski definition) is 2. The Labute approximate surface area is 108 Å². The van der Waals surface area contributed by atoms with Gasteiger partial charge in [-0.1, -0.05) is 24.3 Å². The minimum Gasteiger partial charge on any atom is -0.497 e. The zero-order valence-corrected chi connectivity index (χ0v) is 10.5. The first-order valence-corrected chi connectivity index (χ1v) is 6.55. The molecule has 1 saturated carbocycles. The number of allylic oxidation sites excluding steroid dienone is 2. The first-order chi connectivity index (χ1) is 8.83. The minimum atomic E-state index is 0.141. The van der Waals surface area contributed by atoms with E-state index in [1.807, 2.05) is 12.1 Å². The Hall–Kier alpha value is -1.75. The smallest absolute Gasteiger partial charge is 0.118 e. The van der Waals surface area contributed by atoms with Crippen LogP contribution >= 0.6 is 0 Å². The molecule has 0 saturated heterocycles. The number of ether oxygens (including phenoxy) is 1. The van der Waals surface area contributed by atoms with Gasteiger partial charge in [0.25, 0.3) is 0 Å². The highest BCUT2D eigenvalue weighted by atomic mass is 16.5. The van der Waals surface area contributed by atoms with Crippen LogP contribution in [0.1, 0.15) is 24.3 Å². The van der Waals surface area contributed by atoms with Crippen molar-refractivity contribution in [3.63, 3.8) is 0 Å². The zero-order chi connectivity index (χ0) is 12.5. The number of fused-ring (bicyclic) bond motifs is 2. The van der Waals surface area contributed by atoms with E-state index in [1.54, 1.807) is 7.11 Å². The molecule has 0 N–H and O–H groups in total. The quantitative estimate of drug-likeness (QED) is 0.740. The van der Waals surface area contributed by atoms with E-state index in [0.29, 0.717) is 17.8 Å². The van der Waals surface area contributed by atoms with E-state index in [1.165, 1.54) is 18.4 Å². The maximum absolute atomic E-state index is 9.44. The van der Waals surface area contributed by atoms with Crippen LogP contribution in [0.5, 0.6) is 5.75 Å². The second-order valence-electron chi connectivity index (χ2n) is 5.24. The van der Waals surface area contributed by atoms with Crippen molar-refractivity contribution in [1.82, 2.24) is 0 Å².